The summed E-state index contributed by atoms with van der Waals surface area (Å²) in [5, 5.41) is 15.5. The number of pyridine rings is 1. The number of carbonyl (C=O) groups is 2. The van der Waals surface area contributed by atoms with Crippen LogP contribution in [0.25, 0.3) is 17.0 Å². The van der Waals surface area contributed by atoms with Gasteiger partial charge in [0.2, 0.25) is 5.91 Å². The van der Waals surface area contributed by atoms with Crippen molar-refractivity contribution in [1.82, 2.24) is 15.2 Å². The van der Waals surface area contributed by atoms with Crippen molar-refractivity contribution in [1.29, 1.82) is 0 Å². The Kier molecular flexibility index (Phi) is 8.29. The van der Waals surface area contributed by atoms with E-state index < -0.39 is 12.1 Å². The topological polar surface area (TPSA) is 108 Å². The van der Waals surface area contributed by atoms with Gasteiger partial charge in [-0.15, -0.1) is 0 Å². The number of rotatable bonds is 4. The van der Waals surface area contributed by atoms with Gasteiger partial charge in [0.05, 0.1) is 6.54 Å². The number of fused-ring (bicyclic) bond motifs is 2. The summed E-state index contributed by atoms with van der Waals surface area (Å²) in [5.74, 6) is -1.06. The zero-order valence-electron chi connectivity index (χ0n) is 21.8. The van der Waals surface area contributed by atoms with E-state index >= 15 is 0 Å². The molecule has 1 amide bonds. The second-order valence-corrected chi connectivity index (χ2v) is 9.95. The van der Waals surface area contributed by atoms with Crippen LogP contribution in [0.15, 0.2) is 47.0 Å². The molecule has 39 heavy (non-hydrogen) atoms. The van der Waals surface area contributed by atoms with E-state index in [0.717, 1.165) is 52.3 Å². The smallest absolute Gasteiger partial charge is 0.475 e. The van der Waals surface area contributed by atoms with Gasteiger partial charge in [-0.1, -0.05) is 31.0 Å². The number of hydrogen-bond acceptors (Lipinski definition) is 6. The van der Waals surface area contributed by atoms with Crippen LogP contribution in [0.4, 0.5) is 19.0 Å². The molecule has 0 radical (unpaired) electrons. The van der Waals surface area contributed by atoms with E-state index in [1.807, 2.05) is 43.5 Å². The van der Waals surface area contributed by atoms with Crippen LogP contribution in [-0.2, 0) is 22.7 Å². The van der Waals surface area contributed by atoms with Gasteiger partial charge in [-0.05, 0) is 43.5 Å². The summed E-state index contributed by atoms with van der Waals surface area (Å²) in [5.41, 5.74) is 4.21. The van der Waals surface area contributed by atoms with Crippen molar-refractivity contribution in [2.75, 3.05) is 18.9 Å². The number of furan rings is 1. The highest BCUT2D eigenvalue weighted by atomic mass is 19.4. The molecule has 1 aliphatic carbocycles. The van der Waals surface area contributed by atoms with E-state index in [9.17, 15) is 18.0 Å². The molecule has 2 aliphatic rings. The molecule has 8 nitrogen and oxygen atoms in total. The lowest BCUT2D eigenvalue weighted by atomic mass is 9.98. The molecule has 11 heteroatoms. The summed E-state index contributed by atoms with van der Waals surface area (Å²) in [6.45, 7) is 4.19. The second-order valence-electron chi connectivity index (χ2n) is 9.95. The molecular formula is C28H31F3N4O4. The van der Waals surface area contributed by atoms with Crippen LogP contribution in [0.5, 0.6) is 0 Å². The number of carbonyl (C=O) groups excluding carboxylic acids is 1. The zero-order valence-corrected chi connectivity index (χ0v) is 21.8. The fourth-order valence-corrected chi connectivity index (χ4v) is 4.88. The Labute approximate surface area is 223 Å². The van der Waals surface area contributed by atoms with Crippen LogP contribution >= 0.6 is 0 Å². The number of carboxylic acids is 1. The molecule has 0 bridgehead atoms. The van der Waals surface area contributed by atoms with Crippen molar-refractivity contribution < 1.29 is 32.3 Å². The second kappa shape index (κ2) is 11.5. The Hall–Kier alpha value is -3.86. The number of likely N-dealkylation sites (N-methyl/N-ethyl adjacent to an activating group) is 1. The number of halogens is 3. The maximum absolute atomic E-state index is 12.7. The molecule has 1 saturated carbocycles. The molecule has 3 aromatic rings. The molecule has 1 aliphatic heterocycles. The van der Waals surface area contributed by atoms with E-state index in [1.54, 1.807) is 18.0 Å². The molecule has 0 unspecified atom stereocenters. The first kappa shape index (κ1) is 28.2. The number of anilines is 1. The molecule has 1 aromatic carbocycles. The number of nitrogens with one attached hydrogen (secondary N) is 2. The molecule has 1 fully saturated rings. The fraction of sp³-hybridized carbons (Fsp3) is 0.393. The van der Waals surface area contributed by atoms with E-state index in [2.05, 4.69) is 21.7 Å². The Morgan fingerprint density at radius 2 is 1.92 bits per heavy atom. The van der Waals surface area contributed by atoms with Crippen molar-refractivity contribution in [2.24, 2.45) is 0 Å². The number of aliphatic carboxylic acids is 1. The third-order valence-corrected chi connectivity index (χ3v) is 7.16. The van der Waals surface area contributed by atoms with Crippen LogP contribution in [0, 0.1) is 6.92 Å². The normalized spacial score (nSPS) is 16.3. The maximum Gasteiger partial charge on any atom is 0.490 e. The van der Waals surface area contributed by atoms with Gasteiger partial charge in [-0.25, -0.2) is 9.78 Å². The van der Waals surface area contributed by atoms with Crippen LogP contribution < -0.4 is 10.6 Å². The lowest BCUT2D eigenvalue weighted by Gasteiger charge is -2.28. The number of benzene rings is 1. The van der Waals surface area contributed by atoms with E-state index in [1.165, 1.54) is 25.7 Å². The molecular weight excluding hydrogens is 513 g/mol. The Morgan fingerprint density at radius 3 is 2.59 bits per heavy atom. The lowest BCUT2D eigenvalue weighted by molar-refractivity contribution is -0.192. The number of alkyl halides is 3. The maximum atomic E-state index is 12.7. The lowest BCUT2D eigenvalue weighted by Crippen LogP contribution is -2.46. The molecule has 5 rings (SSSR count). The van der Waals surface area contributed by atoms with Gasteiger partial charge < -0.3 is 25.1 Å². The van der Waals surface area contributed by atoms with Crippen molar-refractivity contribution >= 4 is 34.7 Å². The van der Waals surface area contributed by atoms with Crippen molar-refractivity contribution in [3.8, 4) is 0 Å². The summed E-state index contributed by atoms with van der Waals surface area (Å²) < 4.78 is 37.7. The summed E-state index contributed by atoms with van der Waals surface area (Å²) in [6, 6.07) is 10.1. The molecule has 0 saturated heterocycles. The minimum atomic E-state index is -5.08. The monoisotopic (exact) mass is 544 g/mol. The molecule has 3 heterocycles. The highest BCUT2D eigenvalue weighted by molar-refractivity contribution is 5.91. The number of amides is 1. The summed E-state index contributed by atoms with van der Waals surface area (Å²) in [4.78, 5) is 27.9. The number of para-hydroxylation sites is 1. The average Bonchev–Trinajstić information content (AvgIpc) is 3.44. The molecule has 1 spiro atoms. The first-order valence-corrected chi connectivity index (χ1v) is 12.7. The summed E-state index contributed by atoms with van der Waals surface area (Å²) >= 11 is 0. The highest BCUT2D eigenvalue weighted by Crippen LogP contribution is 2.33. The van der Waals surface area contributed by atoms with Crippen LogP contribution in [0.3, 0.4) is 0 Å². The van der Waals surface area contributed by atoms with Crippen molar-refractivity contribution in [3.05, 3.63) is 65.1 Å². The van der Waals surface area contributed by atoms with Gasteiger partial charge in [0.25, 0.3) is 0 Å². The number of aryl methyl sites for hydroxylation is 1. The van der Waals surface area contributed by atoms with Gasteiger partial charge in [-0.2, -0.15) is 13.2 Å². The van der Waals surface area contributed by atoms with Gasteiger partial charge in [0, 0.05) is 54.5 Å². The standard InChI is InChI=1S/C26H30N4O2.C2HF3O2/c1-18-21-7-3-4-8-22(21)32-23(18)16-30(2)24(31)10-9-19-13-20-15-29-26(11-5-6-12-26)17-28-25(20)27-14-19;3-2(4,5)1(6)7/h3-4,7-10,13-14,29H,5-6,11-12,15-17H2,1-2H3,(H,27,28);(H,6,7)/b10-9+;. The third-order valence-electron chi connectivity index (χ3n) is 7.16. The van der Waals surface area contributed by atoms with Gasteiger partial charge in [-0.3, -0.25) is 4.79 Å². The summed E-state index contributed by atoms with van der Waals surface area (Å²) in [6.07, 6.45) is 5.20. The predicted octanol–water partition coefficient (Wildman–Crippen LogP) is 5.27. The first-order valence-electron chi connectivity index (χ1n) is 12.7. The largest absolute Gasteiger partial charge is 0.490 e. The van der Waals surface area contributed by atoms with Gasteiger partial charge in [0.15, 0.2) is 0 Å². The molecule has 2 aromatic heterocycles. The van der Waals surface area contributed by atoms with Crippen molar-refractivity contribution in [2.45, 2.75) is 57.4 Å². The van der Waals surface area contributed by atoms with Crippen LogP contribution in [-0.4, -0.2) is 52.2 Å². The Morgan fingerprint density at radius 1 is 1.23 bits per heavy atom. The molecule has 3 N–H and O–H groups in total. The van der Waals surface area contributed by atoms with E-state index in [4.69, 9.17) is 14.3 Å². The third kappa shape index (κ3) is 6.78. The Balaban J connectivity index is 0.000000448. The Bertz CT molecular complexity index is 1380. The molecule has 208 valence electrons. The predicted molar refractivity (Wildman–Crippen MR) is 141 cm³/mol. The first-order chi connectivity index (χ1) is 18.5. The van der Waals surface area contributed by atoms with Gasteiger partial charge in [0.1, 0.15) is 17.2 Å². The van der Waals surface area contributed by atoms with E-state index in [0.29, 0.717) is 6.54 Å². The number of hydrogen-bond donors (Lipinski definition) is 3. The van der Waals surface area contributed by atoms with Gasteiger partial charge >= 0.3 is 12.1 Å². The zero-order chi connectivity index (χ0) is 28.2. The van der Waals surface area contributed by atoms with E-state index in [-0.39, 0.29) is 11.4 Å². The summed E-state index contributed by atoms with van der Waals surface area (Å²) in [7, 11) is 1.80. The van der Waals surface area contributed by atoms with Crippen LogP contribution in [0.2, 0.25) is 0 Å². The minimum Gasteiger partial charge on any atom is -0.475 e. The fourth-order valence-electron chi connectivity index (χ4n) is 4.88. The average molecular weight is 545 g/mol. The SMILES string of the molecule is Cc1c(CN(C)C(=O)/C=C/c2cnc3c(c2)CNC2(CCCC2)CN3)oc2ccccc12.O=C(O)C(F)(F)F. The number of aromatic nitrogens is 1. The number of nitrogens with zero attached hydrogens (tertiary/aromatic N) is 2. The highest BCUT2D eigenvalue weighted by Gasteiger charge is 2.38. The quantitative estimate of drug-likeness (QED) is 0.384. The minimum absolute atomic E-state index is 0.0686. The van der Waals surface area contributed by atoms with Crippen LogP contribution in [0.1, 0.15) is 48.1 Å². The number of carboxylic acid groups (broad SMARTS) is 1. The molecule has 0 atom stereocenters. The van der Waals surface area contributed by atoms with Crippen molar-refractivity contribution in [3.63, 3.8) is 0 Å².